The molecule has 0 amide bonds. The number of likely N-dealkylation sites (tertiary alicyclic amines) is 1. The van der Waals surface area contributed by atoms with Gasteiger partial charge >= 0.3 is 6.18 Å². The van der Waals surface area contributed by atoms with Crippen molar-refractivity contribution in [3.05, 3.63) is 45.9 Å². The Morgan fingerprint density at radius 2 is 1.87 bits per heavy atom. The van der Waals surface area contributed by atoms with Crippen LogP contribution in [0.5, 0.6) is 5.75 Å². The lowest BCUT2D eigenvalue weighted by Crippen LogP contribution is -2.33. The van der Waals surface area contributed by atoms with Crippen LogP contribution < -0.4 is 10.1 Å². The smallest absolute Gasteiger partial charge is 0.443 e. The normalized spacial score (nSPS) is 17.5. The maximum Gasteiger partial charge on any atom is 0.443 e. The molecule has 2 heterocycles. The molecule has 9 heteroatoms. The Bertz CT molecular complexity index is 792. The molecule has 2 atom stereocenters. The van der Waals surface area contributed by atoms with Crippen LogP contribution in [0.4, 0.5) is 13.2 Å². The lowest BCUT2D eigenvalue weighted by atomic mass is 10.0. The number of rotatable bonds is 10. The number of thiazole rings is 1. The molecule has 1 aliphatic rings. The van der Waals surface area contributed by atoms with Crippen LogP contribution in [0.3, 0.4) is 0 Å². The van der Waals surface area contributed by atoms with Gasteiger partial charge < -0.3 is 15.2 Å². The van der Waals surface area contributed by atoms with Crippen LogP contribution in [0.25, 0.3) is 0 Å². The summed E-state index contributed by atoms with van der Waals surface area (Å²) in [5, 5.41) is 13.5. The van der Waals surface area contributed by atoms with Gasteiger partial charge in [0.1, 0.15) is 18.5 Å². The van der Waals surface area contributed by atoms with Crippen molar-refractivity contribution in [1.29, 1.82) is 0 Å². The largest absolute Gasteiger partial charge is 0.492 e. The number of aromatic nitrogens is 1. The first-order valence-electron chi connectivity index (χ1n) is 10.7. The van der Waals surface area contributed by atoms with Crippen LogP contribution in [0.2, 0.25) is 0 Å². The summed E-state index contributed by atoms with van der Waals surface area (Å²) in [5.41, 5.74) is 1.17. The third-order valence-electron chi connectivity index (χ3n) is 5.47. The van der Waals surface area contributed by atoms with Gasteiger partial charge in [0.25, 0.3) is 0 Å². The van der Waals surface area contributed by atoms with E-state index in [1.54, 1.807) is 0 Å². The number of aliphatic hydroxyl groups is 1. The number of nitrogens with zero attached hydrogens (tertiary/aromatic N) is 2. The van der Waals surface area contributed by atoms with Crippen LogP contribution in [-0.4, -0.2) is 54.3 Å². The fourth-order valence-electron chi connectivity index (χ4n) is 3.60. The highest BCUT2D eigenvalue weighted by Crippen LogP contribution is 2.32. The Hall–Kier alpha value is -1.68. The van der Waals surface area contributed by atoms with Gasteiger partial charge in [-0.2, -0.15) is 13.2 Å². The molecule has 2 N–H and O–H groups in total. The van der Waals surface area contributed by atoms with Gasteiger partial charge in [0.05, 0.1) is 5.69 Å². The number of alkyl halides is 3. The number of hydrogen-bond donors (Lipinski definition) is 2. The van der Waals surface area contributed by atoms with Crippen LogP contribution in [0, 0.1) is 0 Å². The molecule has 0 spiro atoms. The first-order chi connectivity index (χ1) is 14.8. The van der Waals surface area contributed by atoms with Crippen LogP contribution in [0.15, 0.2) is 29.6 Å². The number of nitrogens with one attached hydrogen (secondary N) is 1. The van der Waals surface area contributed by atoms with Gasteiger partial charge in [-0.1, -0.05) is 25.5 Å². The molecule has 1 fully saturated rings. The minimum atomic E-state index is -4.48. The number of piperidine rings is 1. The molecule has 0 aliphatic carbocycles. The summed E-state index contributed by atoms with van der Waals surface area (Å²) in [7, 11) is 0. The first kappa shape index (κ1) is 24.0. The van der Waals surface area contributed by atoms with E-state index in [-0.39, 0.29) is 18.2 Å². The summed E-state index contributed by atoms with van der Waals surface area (Å²) in [6.45, 7) is 6.73. The van der Waals surface area contributed by atoms with Gasteiger partial charge in [0.15, 0.2) is 5.01 Å². The zero-order valence-electron chi connectivity index (χ0n) is 17.7. The summed E-state index contributed by atoms with van der Waals surface area (Å²) in [4.78, 5) is 5.93. The monoisotopic (exact) mass is 457 g/mol. The van der Waals surface area contributed by atoms with Gasteiger partial charge in [0.2, 0.25) is 0 Å². The van der Waals surface area contributed by atoms with Crippen molar-refractivity contribution in [2.45, 2.75) is 44.4 Å². The van der Waals surface area contributed by atoms with Crippen molar-refractivity contribution in [1.82, 2.24) is 15.2 Å². The van der Waals surface area contributed by atoms with Gasteiger partial charge in [-0.25, -0.2) is 4.98 Å². The highest BCUT2D eigenvalue weighted by molar-refractivity contribution is 7.09. The van der Waals surface area contributed by atoms with Crippen LogP contribution in [-0.2, 0) is 6.18 Å². The first-order valence-corrected chi connectivity index (χ1v) is 11.6. The Morgan fingerprint density at radius 1 is 1.16 bits per heavy atom. The molecule has 1 aliphatic heterocycles. The fourth-order valence-corrected chi connectivity index (χ4v) is 4.33. The minimum Gasteiger partial charge on any atom is -0.492 e. The van der Waals surface area contributed by atoms with Gasteiger partial charge in [0, 0.05) is 25.0 Å². The third-order valence-corrected chi connectivity index (χ3v) is 6.37. The SMILES string of the molecule is CC(CNCC(O)c1csc(C(F)(F)F)n1)c1ccc(OCCN2CCCCC2)cc1. The minimum absolute atomic E-state index is 0.0449. The fraction of sp³-hybridized carbons (Fsp3) is 0.591. The number of benzene rings is 1. The van der Waals surface area contributed by atoms with Gasteiger partial charge in [-0.15, -0.1) is 11.3 Å². The summed E-state index contributed by atoms with van der Waals surface area (Å²) >= 11 is 0.498. The molecule has 5 nitrogen and oxygen atoms in total. The molecule has 2 aromatic rings. The summed E-state index contributed by atoms with van der Waals surface area (Å²) in [6, 6.07) is 7.97. The van der Waals surface area contributed by atoms with E-state index in [1.165, 1.54) is 24.6 Å². The van der Waals surface area contributed by atoms with Crippen molar-refractivity contribution >= 4 is 11.3 Å². The Morgan fingerprint density at radius 3 is 2.52 bits per heavy atom. The molecule has 0 radical (unpaired) electrons. The number of halogens is 3. The van der Waals surface area contributed by atoms with Gasteiger partial charge in [-0.3, -0.25) is 4.90 Å². The molecule has 31 heavy (non-hydrogen) atoms. The van der Waals surface area contributed by atoms with Crippen molar-refractivity contribution in [3.63, 3.8) is 0 Å². The maximum atomic E-state index is 12.6. The van der Waals surface area contributed by atoms with E-state index in [9.17, 15) is 18.3 Å². The second-order valence-corrected chi connectivity index (χ2v) is 8.83. The average molecular weight is 458 g/mol. The maximum absolute atomic E-state index is 12.6. The molecule has 0 bridgehead atoms. The quantitative estimate of drug-likeness (QED) is 0.552. The highest BCUT2D eigenvalue weighted by Gasteiger charge is 2.35. The molecule has 172 valence electrons. The van der Waals surface area contributed by atoms with E-state index in [4.69, 9.17) is 4.74 Å². The van der Waals surface area contributed by atoms with E-state index in [1.807, 2.05) is 24.3 Å². The molecule has 3 rings (SSSR count). The van der Waals surface area contributed by atoms with Crippen molar-refractivity contribution in [3.8, 4) is 5.75 Å². The van der Waals surface area contributed by atoms with Crippen LogP contribution in [0.1, 0.15) is 54.5 Å². The number of aliphatic hydroxyl groups excluding tert-OH is 1. The van der Waals surface area contributed by atoms with E-state index < -0.39 is 17.3 Å². The van der Waals surface area contributed by atoms with E-state index >= 15 is 0 Å². The van der Waals surface area contributed by atoms with Gasteiger partial charge in [-0.05, 0) is 49.5 Å². The molecular formula is C22H30F3N3O2S. The molecule has 2 unspecified atom stereocenters. The predicted molar refractivity (Wildman–Crippen MR) is 116 cm³/mol. The number of hydrogen-bond acceptors (Lipinski definition) is 6. The predicted octanol–water partition coefficient (Wildman–Crippen LogP) is 4.45. The van der Waals surface area contributed by atoms with E-state index in [0.29, 0.717) is 24.5 Å². The Labute approximate surface area is 185 Å². The third kappa shape index (κ3) is 7.45. The van der Waals surface area contributed by atoms with Crippen LogP contribution >= 0.6 is 11.3 Å². The summed E-state index contributed by atoms with van der Waals surface area (Å²) in [5.74, 6) is 1.02. The molecule has 1 aromatic heterocycles. The van der Waals surface area contributed by atoms with E-state index in [0.717, 1.165) is 30.9 Å². The van der Waals surface area contributed by atoms with E-state index in [2.05, 4.69) is 22.1 Å². The summed E-state index contributed by atoms with van der Waals surface area (Å²) < 4.78 is 43.8. The van der Waals surface area contributed by atoms with Crippen molar-refractivity contribution < 1.29 is 23.0 Å². The second-order valence-electron chi connectivity index (χ2n) is 7.97. The average Bonchev–Trinajstić information content (AvgIpc) is 3.26. The zero-order valence-corrected chi connectivity index (χ0v) is 18.5. The van der Waals surface area contributed by atoms with Crippen molar-refractivity contribution in [2.24, 2.45) is 0 Å². The molecular weight excluding hydrogens is 427 g/mol. The Kier molecular flexibility index (Phi) is 8.71. The Balaban J connectivity index is 1.38. The lowest BCUT2D eigenvalue weighted by Gasteiger charge is -2.26. The molecule has 1 aromatic carbocycles. The zero-order chi connectivity index (χ0) is 22.3. The number of ether oxygens (including phenoxy) is 1. The molecule has 1 saturated heterocycles. The summed E-state index contributed by atoms with van der Waals surface area (Å²) in [6.07, 6.45) is -1.68. The lowest BCUT2D eigenvalue weighted by molar-refractivity contribution is -0.137. The second kappa shape index (κ2) is 11.3. The molecule has 0 saturated carbocycles. The topological polar surface area (TPSA) is 57.6 Å². The standard InChI is InChI=1S/C22H30F3N3O2S/c1-16(13-26-14-20(29)19-15-31-21(27-19)22(23,24)25)17-5-7-18(8-6-17)30-12-11-28-9-3-2-4-10-28/h5-8,15-16,20,26,29H,2-4,9-14H2,1H3. The van der Waals surface area contributed by atoms with Crippen molar-refractivity contribution in [2.75, 3.05) is 39.3 Å². The highest BCUT2D eigenvalue weighted by atomic mass is 32.1.